The van der Waals surface area contributed by atoms with Gasteiger partial charge in [0.15, 0.2) is 6.29 Å². The lowest BCUT2D eigenvalue weighted by Gasteiger charge is -2.40. The highest BCUT2D eigenvalue weighted by molar-refractivity contribution is 5.13. The molecule has 1 fully saturated rings. The third kappa shape index (κ3) is 4.49. The second kappa shape index (κ2) is 8.57. The van der Waals surface area contributed by atoms with Crippen molar-refractivity contribution in [1.82, 2.24) is 0 Å². The quantitative estimate of drug-likeness (QED) is 0.628. The predicted octanol–water partition coefficient (Wildman–Crippen LogP) is 0.295. The van der Waals surface area contributed by atoms with E-state index in [1.54, 1.807) is 6.92 Å². The summed E-state index contributed by atoms with van der Waals surface area (Å²) in [5.41, 5.74) is 1.09. The highest BCUT2D eigenvalue weighted by Crippen LogP contribution is 2.26. The molecule has 3 N–H and O–H groups in total. The van der Waals surface area contributed by atoms with E-state index in [0.29, 0.717) is 19.8 Å². The van der Waals surface area contributed by atoms with Crippen molar-refractivity contribution in [2.75, 3.05) is 19.8 Å². The highest BCUT2D eigenvalue weighted by atomic mass is 16.7. The molecule has 124 valence electrons. The molecule has 0 radical (unpaired) electrons. The van der Waals surface area contributed by atoms with Crippen LogP contribution in [0, 0.1) is 5.92 Å². The molecule has 0 amide bonds. The Hall–Kier alpha value is -1.02. The SMILES string of the molecule is CC1C(OCCOCc2ccccc2)OC(CO)C(O)C1O. The van der Waals surface area contributed by atoms with Crippen molar-refractivity contribution in [3.05, 3.63) is 35.9 Å². The summed E-state index contributed by atoms with van der Waals surface area (Å²) in [5.74, 6) is -0.382. The van der Waals surface area contributed by atoms with E-state index in [9.17, 15) is 10.2 Å². The molecule has 1 aromatic rings. The van der Waals surface area contributed by atoms with Crippen LogP contribution in [0.2, 0.25) is 0 Å². The fraction of sp³-hybridized carbons (Fsp3) is 0.625. The lowest BCUT2D eigenvalue weighted by molar-refractivity contribution is -0.284. The first-order valence-corrected chi connectivity index (χ1v) is 7.49. The minimum absolute atomic E-state index is 0.308. The Kier molecular flexibility index (Phi) is 6.75. The first-order valence-electron chi connectivity index (χ1n) is 7.49. The summed E-state index contributed by atoms with van der Waals surface area (Å²) in [6.07, 6.45) is -3.59. The third-order valence-electron chi connectivity index (χ3n) is 3.81. The van der Waals surface area contributed by atoms with Crippen LogP contribution in [0.15, 0.2) is 30.3 Å². The van der Waals surface area contributed by atoms with Crippen molar-refractivity contribution in [3.8, 4) is 0 Å². The Morgan fingerprint density at radius 3 is 2.50 bits per heavy atom. The molecule has 5 atom stereocenters. The number of aliphatic hydroxyl groups excluding tert-OH is 3. The summed E-state index contributed by atoms with van der Waals surface area (Å²) < 4.78 is 16.5. The standard InChI is InChI=1S/C16H24O6/c1-11-14(18)15(19)13(9-17)22-16(11)21-8-7-20-10-12-5-3-2-4-6-12/h2-6,11,13-19H,7-10H2,1H3. The van der Waals surface area contributed by atoms with Gasteiger partial charge in [-0.2, -0.15) is 0 Å². The normalized spacial score (nSPS) is 32.1. The molecule has 5 unspecified atom stereocenters. The number of rotatable bonds is 7. The van der Waals surface area contributed by atoms with Gasteiger partial charge in [-0.3, -0.25) is 0 Å². The van der Waals surface area contributed by atoms with E-state index in [-0.39, 0.29) is 12.5 Å². The van der Waals surface area contributed by atoms with Crippen LogP contribution in [-0.2, 0) is 20.8 Å². The van der Waals surface area contributed by atoms with E-state index < -0.39 is 24.6 Å². The van der Waals surface area contributed by atoms with E-state index in [0.717, 1.165) is 5.56 Å². The number of aliphatic hydroxyl groups is 3. The number of hydrogen-bond donors (Lipinski definition) is 3. The van der Waals surface area contributed by atoms with Gasteiger partial charge in [0.2, 0.25) is 0 Å². The third-order valence-corrected chi connectivity index (χ3v) is 3.81. The van der Waals surface area contributed by atoms with Crippen molar-refractivity contribution in [1.29, 1.82) is 0 Å². The molecular formula is C16H24O6. The zero-order chi connectivity index (χ0) is 15.9. The molecule has 0 aliphatic carbocycles. The van der Waals surface area contributed by atoms with Crippen LogP contribution in [0.4, 0.5) is 0 Å². The zero-order valence-electron chi connectivity index (χ0n) is 12.7. The first-order chi connectivity index (χ1) is 10.6. The van der Waals surface area contributed by atoms with Crippen LogP contribution in [0.1, 0.15) is 12.5 Å². The molecule has 6 heteroatoms. The molecule has 1 saturated heterocycles. The van der Waals surface area contributed by atoms with Crippen LogP contribution >= 0.6 is 0 Å². The van der Waals surface area contributed by atoms with Gasteiger partial charge in [0.1, 0.15) is 12.2 Å². The van der Waals surface area contributed by atoms with Crippen LogP contribution in [0.3, 0.4) is 0 Å². The Balaban J connectivity index is 1.69. The molecule has 0 spiro atoms. The van der Waals surface area contributed by atoms with Crippen molar-refractivity contribution in [3.63, 3.8) is 0 Å². The van der Waals surface area contributed by atoms with Gasteiger partial charge in [-0.1, -0.05) is 37.3 Å². The van der Waals surface area contributed by atoms with Gasteiger partial charge in [0.05, 0.1) is 32.5 Å². The van der Waals surface area contributed by atoms with Crippen LogP contribution in [-0.4, -0.2) is 59.7 Å². The van der Waals surface area contributed by atoms with Gasteiger partial charge >= 0.3 is 0 Å². The Labute approximate surface area is 130 Å². The smallest absolute Gasteiger partial charge is 0.163 e. The molecule has 0 saturated carbocycles. The van der Waals surface area contributed by atoms with Crippen molar-refractivity contribution in [2.45, 2.75) is 38.1 Å². The summed E-state index contributed by atoms with van der Waals surface area (Å²) in [6.45, 7) is 2.57. The molecule has 6 nitrogen and oxygen atoms in total. The zero-order valence-corrected chi connectivity index (χ0v) is 12.7. The molecule has 0 bridgehead atoms. The van der Waals surface area contributed by atoms with E-state index in [1.165, 1.54) is 0 Å². The number of ether oxygens (including phenoxy) is 3. The summed E-state index contributed by atoms with van der Waals surface area (Å²) in [6, 6.07) is 9.82. The molecule has 2 rings (SSSR count). The van der Waals surface area contributed by atoms with Gasteiger partial charge in [-0.05, 0) is 5.56 Å². The fourth-order valence-corrected chi connectivity index (χ4v) is 2.40. The average Bonchev–Trinajstić information content (AvgIpc) is 2.55. The van der Waals surface area contributed by atoms with Gasteiger partial charge in [0.25, 0.3) is 0 Å². The molecule has 1 aromatic carbocycles. The lowest BCUT2D eigenvalue weighted by Crippen LogP contribution is -2.55. The fourth-order valence-electron chi connectivity index (χ4n) is 2.40. The summed E-state index contributed by atoms with van der Waals surface area (Å²) in [5, 5.41) is 28.8. The number of benzene rings is 1. The molecule has 1 aliphatic rings. The highest BCUT2D eigenvalue weighted by Gasteiger charge is 2.42. The van der Waals surface area contributed by atoms with E-state index >= 15 is 0 Å². The first kappa shape index (κ1) is 17.3. The predicted molar refractivity (Wildman–Crippen MR) is 79.0 cm³/mol. The number of hydrogen-bond acceptors (Lipinski definition) is 6. The second-order valence-electron chi connectivity index (χ2n) is 5.47. The Morgan fingerprint density at radius 2 is 1.82 bits per heavy atom. The van der Waals surface area contributed by atoms with Crippen LogP contribution in [0.5, 0.6) is 0 Å². The van der Waals surface area contributed by atoms with Crippen LogP contribution in [0.25, 0.3) is 0 Å². The van der Waals surface area contributed by atoms with E-state index in [1.807, 2.05) is 30.3 Å². The molecule has 0 aromatic heterocycles. The average molecular weight is 312 g/mol. The Morgan fingerprint density at radius 1 is 1.09 bits per heavy atom. The molecule has 1 aliphatic heterocycles. The van der Waals surface area contributed by atoms with Crippen molar-refractivity contribution >= 4 is 0 Å². The van der Waals surface area contributed by atoms with Gasteiger partial charge < -0.3 is 29.5 Å². The topological polar surface area (TPSA) is 88.4 Å². The summed E-state index contributed by atoms with van der Waals surface area (Å²) in [4.78, 5) is 0. The summed E-state index contributed by atoms with van der Waals surface area (Å²) >= 11 is 0. The lowest BCUT2D eigenvalue weighted by atomic mass is 9.92. The van der Waals surface area contributed by atoms with Gasteiger partial charge in [-0.15, -0.1) is 0 Å². The maximum atomic E-state index is 9.92. The largest absolute Gasteiger partial charge is 0.394 e. The van der Waals surface area contributed by atoms with Crippen molar-refractivity contribution < 1.29 is 29.5 Å². The van der Waals surface area contributed by atoms with Gasteiger partial charge in [0, 0.05) is 5.92 Å². The maximum absolute atomic E-state index is 9.92. The molecule has 1 heterocycles. The molecular weight excluding hydrogens is 288 g/mol. The van der Waals surface area contributed by atoms with E-state index in [2.05, 4.69) is 0 Å². The van der Waals surface area contributed by atoms with Crippen molar-refractivity contribution in [2.24, 2.45) is 5.92 Å². The van der Waals surface area contributed by atoms with Crippen LogP contribution < -0.4 is 0 Å². The monoisotopic (exact) mass is 312 g/mol. The van der Waals surface area contributed by atoms with E-state index in [4.69, 9.17) is 19.3 Å². The summed E-state index contributed by atoms with van der Waals surface area (Å²) in [7, 11) is 0. The minimum atomic E-state index is -1.10. The second-order valence-corrected chi connectivity index (χ2v) is 5.47. The molecule has 22 heavy (non-hydrogen) atoms. The minimum Gasteiger partial charge on any atom is -0.394 e. The maximum Gasteiger partial charge on any atom is 0.163 e. The van der Waals surface area contributed by atoms with Gasteiger partial charge in [-0.25, -0.2) is 0 Å². The Bertz CT molecular complexity index is 424.